The third-order valence-electron chi connectivity index (χ3n) is 4.86. The highest BCUT2D eigenvalue weighted by molar-refractivity contribution is 7.80. The molecule has 3 unspecified atom stereocenters. The Bertz CT molecular complexity index is 449. The number of fused-ring (bicyclic) bond motifs is 1. The number of thiocarbonyl (C=S) groups is 1. The van der Waals surface area contributed by atoms with Crippen molar-refractivity contribution in [3.8, 4) is 0 Å². The van der Waals surface area contributed by atoms with Crippen LogP contribution in [0.2, 0.25) is 0 Å². The van der Waals surface area contributed by atoms with Crippen LogP contribution < -0.4 is 11.1 Å². The summed E-state index contributed by atoms with van der Waals surface area (Å²) < 4.78 is 31.7. The van der Waals surface area contributed by atoms with Crippen molar-refractivity contribution in [2.24, 2.45) is 11.7 Å². The SMILES string of the molecule is CCCCCN(C(N)=S)C1CCC2CCNC2C1.O=C(O)C(F)(F)F. The van der Waals surface area contributed by atoms with Crippen LogP contribution >= 0.6 is 12.2 Å². The van der Waals surface area contributed by atoms with Crippen LogP contribution in [0, 0.1) is 5.92 Å². The molecule has 4 N–H and O–H groups in total. The van der Waals surface area contributed by atoms with Crippen LogP contribution in [-0.2, 0) is 4.79 Å². The van der Waals surface area contributed by atoms with Crippen molar-refractivity contribution in [1.29, 1.82) is 0 Å². The molecule has 3 atom stereocenters. The van der Waals surface area contributed by atoms with Crippen LogP contribution in [0.25, 0.3) is 0 Å². The first-order chi connectivity index (χ1) is 11.7. The van der Waals surface area contributed by atoms with E-state index in [1.165, 1.54) is 51.5 Å². The summed E-state index contributed by atoms with van der Waals surface area (Å²) in [6.07, 6.45) is 3.86. The number of nitrogens with zero attached hydrogens (tertiary/aromatic N) is 1. The molecule has 0 bridgehead atoms. The molecule has 146 valence electrons. The maximum atomic E-state index is 10.6. The van der Waals surface area contributed by atoms with Crippen LogP contribution in [0.5, 0.6) is 0 Å². The molecule has 1 saturated heterocycles. The second-order valence-corrected chi connectivity index (χ2v) is 7.04. The fraction of sp³-hybridized carbons (Fsp3) is 0.875. The van der Waals surface area contributed by atoms with Gasteiger partial charge < -0.3 is 21.1 Å². The summed E-state index contributed by atoms with van der Waals surface area (Å²) in [5.41, 5.74) is 5.92. The Morgan fingerprint density at radius 2 is 1.96 bits per heavy atom. The maximum absolute atomic E-state index is 10.6. The van der Waals surface area contributed by atoms with E-state index in [4.69, 9.17) is 27.9 Å². The number of carboxylic acids is 1. The molecule has 0 aromatic rings. The van der Waals surface area contributed by atoms with Crippen molar-refractivity contribution in [2.75, 3.05) is 13.1 Å². The summed E-state index contributed by atoms with van der Waals surface area (Å²) in [7, 11) is 0. The minimum atomic E-state index is -5.08. The number of nitrogens with one attached hydrogen (secondary N) is 1. The molecule has 25 heavy (non-hydrogen) atoms. The number of aliphatic carboxylic acids is 1. The molecule has 9 heteroatoms. The zero-order valence-electron chi connectivity index (χ0n) is 14.5. The lowest BCUT2D eigenvalue weighted by molar-refractivity contribution is -0.192. The average Bonchev–Trinajstić information content (AvgIpc) is 2.98. The average molecular weight is 383 g/mol. The van der Waals surface area contributed by atoms with Gasteiger partial charge in [0.05, 0.1) is 0 Å². The fourth-order valence-electron chi connectivity index (χ4n) is 3.55. The first-order valence-electron chi connectivity index (χ1n) is 8.76. The van der Waals surface area contributed by atoms with Crippen LogP contribution in [0.4, 0.5) is 13.2 Å². The topological polar surface area (TPSA) is 78.6 Å². The van der Waals surface area contributed by atoms with E-state index in [0.717, 1.165) is 12.5 Å². The van der Waals surface area contributed by atoms with Gasteiger partial charge in [0.15, 0.2) is 5.11 Å². The van der Waals surface area contributed by atoms with E-state index in [0.29, 0.717) is 17.2 Å². The van der Waals surface area contributed by atoms with Crippen LogP contribution in [0.3, 0.4) is 0 Å². The molecule has 1 aliphatic carbocycles. The fourth-order valence-corrected chi connectivity index (χ4v) is 3.79. The molecule has 2 fully saturated rings. The van der Waals surface area contributed by atoms with E-state index in [1.54, 1.807) is 0 Å². The van der Waals surface area contributed by atoms with Gasteiger partial charge in [-0.25, -0.2) is 4.79 Å². The van der Waals surface area contributed by atoms with Crippen LogP contribution in [0.1, 0.15) is 51.9 Å². The number of rotatable bonds is 5. The van der Waals surface area contributed by atoms with E-state index >= 15 is 0 Å². The van der Waals surface area contributed by atoms with Gasteiger partial charge in [-0.1, -0.05) is 19.8 Å². The lowest BCUT2D eigenvalue weighted by Gasteiger charge is -2.39. The normalized spacial score (nSPS) is 25.5. The van der Waals surface area contributed by atoms with Gasteiger partial charge in [-0.15, -0.1) is 0 Å². The summed E-state index contributed by atoms with van der Waals surface area (Å²) in [6, 6.07) is 1.29. The summed E-state index contributed by atoms with van der Waals surface area (Å²) >= 11 is 5.25. The molecule has 1 heterocycles. The smallest absolute Gasteiger partial charge is 0.475 e. The highest BCUT2D eigenvalue weighted by Crippen LogP contribution is 2.33. The Morgan fingerprint density at radius 1 is 1.32 bits per heavy atom. The minimum Gasteiger partial charge on any atom is -0.475 e. The highest BCUT2D eigenvalue weighted by atomic mass is 32.1. The molecule has 0 aromatic carbocycles. The number of hydrogen-bond acceptors (Lipinski definition) is 3. The lowest BCUT2D eigenvalue weighted by atomic mass is 9.82. The molecule has 0 aromatic heterocycles. The summed E-state index contributed by atoms with van der Waals surface area (Å²) in [4.78, 5) is 11.2. The van der Waals surface area contributed by atoms with Gasteiger partial charge in [0.25, 0.3) is 0 Å². The van der Waals surface area contributed by atoms with Gasteiger partial charge in [0.1, 0.15) is 0 Å². The van der Waals surface area contributed by atoms with Crippen LogP contribution in [0.15, 0.2) is 0 Å². The first kappa shape index (κ1) is 22.0. The second-order valence-electron chi connectivity index (χ2n) is 6.62. The highest BCUT2D eigenvalue weighted by Gasteiger charge is 2.38. The van der Waals surface area contributed by atoms with Crippen molar-refractivity contribution < 1.29 is 23.1 Å². The maximum Gasteiger partial charge on any atom is 0.490 e. The standard InChI is InChI=1S/C14H27N3S.C2HF3O2/c1-2-3-4-9-17(14(15)18)12-6-5-11-7-8-16-13(11)10-12;3-2(4,5)1(6)7/h11-13,16H,2-10H2,1H3,(H2,15,18);(H,6,7). The Hall–Kier alpha value is -1.09. The number of carboxylic acid groups (broad SMARTS) is 1. The number of hydrogen-bond donors (Lipinski definition) is 3. The third kappa shape index (κ3) is 7.35. The Kier molecular flexibility index (Phi) is 8.92. The summed E-state index contributed by atoms with van der Waals surface area (Å²) in [6.45, 7) is 4.48. The number of nitrogens with two attached hydrogens (primary N) is 1. The first-order valence-corrected chi connectivity index (χ1v) is 9.17. The van der Waals surface area contributed by atoms with Gasteiger partial charge in [0, 0.05) is 18.6 Å². The molecular formula is C16H28F3N3O2S. The van der Waals surface area contributed by atoms with E-state index < -0.39 is 12.1 Å². The molecule has 2 rings (SSSR count). The number of unbranched alkanes of at least 4 members (excludes halogenated alkanes) is 2. The predicted octanol–water partition coefficient (Wildman–Crippen LogP) is 2.89. The minimum absolute atomic E-state index is 0.575. The molecule has 1 aliphatic heterocycles. The van der Waals surface area contributed by atoms with Gasteiger partial charge in [0.2, 0.25) is 0 Å². The van der Waals surface area contributed by atoms with Crippen molar-refractivity contribution in [3.63, 3.8) is 0 Å². The molecule has 2 aliphatic rings. The largest absolute Gasteiger partial charge is 0.490 e. The van der Waals surface area contributed by atoms with Crippen molar-refractivity contribution in [1.82, 2.24) is 10.2 Å². The van der Waals surface area contributed by atoms with Crippen molar-refractivity contribution in [2.45, 2.75) is 70.1 Å². The molecule has 0 amide bonds. The molecule has 5 nitrogen and oxygen atoms in total. The Morgan fingerprint density at radius 3 is 2.48 bits per heavy atom. The monoisotopic (exact) mass is 383 g/mol. The second kappa shape index (κ2) is 10.2. The van der Waals surface area contributed by atoms with Crippen molar-refractivity contribution in [3.05, 3.63) is 0 Å². The number of halogens is 3. The number of carbonyl (C=O) groups is 1. The molecular weight excluding hydrogens is 355 g/mol. The summed E-state index contributed by atoms with van der Waals surface area (Å²) in [5, 5.41) is 11.4. The quantitative estimate of drug-likeness (QED) is 0.501. The third-order valence-corrected chi connectivity index (χ3v) is 5.09. The van der Waals surface area contributed by atoms with E-state index in [2.05, 4.69) is 17.1 Å². The van der Waals surface area contributed by atoms with Gasteiger partial charge in [-0.05, 0) is 56.8 Å². The summed E-state index contributed by atoms with van der Waals surface area (Å²) in [5.74, 6) is -1.85. The predicted molar refractivity (Wildman–Crippen MR) is 94.2 cm³/mol. The van der Waals surface area contributed by atoms with E-state index in [-0.39, 0.29) is 0 Å². The molecule has 1 saturated carbocycles. The Balaban J connectivity index is 0.000000381. The lowest BCUT2D eigenvalue weighted by Crippen LogP contribution is -2.49. The van der Waals surface area contributed by atoms with E-state index in [9.17, 15) is 13.2 Å². The van der Waals surface area contributed by atoms with Gasteiger partial charge in [-0.2, -0.15) is 13.2 Å². The molecule has 0 spiro atoms. The van der Waals surface area contributed by atoms with Gasteiger partial charge >= 0.3 is 12.1 Å². The van der Waals surface area contributed by atoms with Gasteiger partial charge in [-0.3, -0.25) is 0 Å². The van der Waals surface area contributed by atoms with Crippen molar-refractivity contribution >= 4 is 23.3 Å². The Labute approximate surface area is 152 Å². The zero-order valence-corrected chi connectivity index (χ0v) is 15.3. The number of alkyl halides is 3. The molecule has 0 radical (unpaired) electrons. The zero-order chi connectivity index (χ0) is 19.0. The van der Waals surface area contributed by atoms with E-state index in [1.807, 2.05) is 0 Å². The van der Waals surface area contributed by atoms with Crippen LogP contribution in [-0.4, -0.2) is 52.4 Å².